The maximum absolute atomic E-state index is 11.2. The number of nitrogens with two attached hydrogens (primary N) is 1. The third-order valence-electron chi connectivity index (χ3n) is 2.52. The first kappa shape index (κ1) is 14.7. The third kappa shape index (κ3) is 4.85. The van der Waals surface area contributed by atoms with Gasteiger partial charge in [-0.2, -0.15) is 0 Å². The molecule has 0 spiro atoms. The summed E-state index contributed by atoms with van der Waals surface area (Å²) < 4.78 is 11.2. The molecule has 18 heavy (non-hydrogen) atoms. The molecule has 1 aromatic carbocycles. The predicted octanol–water partition coefficient (Wildman–Crippen LogP) is 0.639. The van der Waals surface area contributed by atoms with Crippen molar-refractivity contribution in [3.63, 3.8) is 0 Å². The molecule has 0 aliphatic carbocycles. The number of hydrogen-bond donors (Lipinski definition) is 3. The Morgan fingerprint density at radius 1 is 1.44 bits per heavy atom. The Kier molecular flexibility index (Phi) is 6.38. The summed E-state index contributed by atoms with van der Waals surface area (Å²) >= 11 is 0. The first-order valence-corrected chi connectivity index (χ1v) is 7.28. The molecule has 5 nitrogen and oxygen atoms in total. The van der Waals surface area contributed by atoms with Gasteiger partial charge in [0.25, 0.3) is 0 Å². The molecule has 0 fully saturated rings. The van der Waals surface area contributed by atoms with Crippen molar-refractivity contribution in [1.29, 1.82) is 0 Å². The van der Waals surface area contributed by atoms with Crippen molar-refractivity contribution in [2.75, 3.05) is 18.1 Å². The Morgan fingerprint density at radius 2 is 2.11 bits per heavy atom. The second-order valence-corrected chi connectivity index (χ2v) is 5.66. The molecule has 0 aromatic heterocycles. The molecule has 0 aliphatic heterocycles. The van der Waals surface area contributed by atoms with Gasteiger partial charge in [0.1, 0.15) is 0 Å². The fourth-order valence-electron chi connectivity index (χ4n) is 1.41. The average molecular weight is 269 g/mol. The van der Waals surface area contributed by atoms with E-state index in [1.165, 1.54) is 0 Å². The molecule has 0 aliphatic rings. The lowest BCUT2D eigenvalue weighted by molar-refractivity contribution is 0.318. The summed E-state index contributed by atoms with van der Waals surface area (Å²) in [6, 6.07) is 7.43. The molecule has 6 heteroatoms. The van der Waals surface area contributed by atoms with E-state index in [0.29, 0.717) is 17.1 Å². The molecule has 1 aromatic rings. The lowest BCUT2D eigenvalue weighted by Crippen LogP contribution is -2.20. The summed E-state index contributed by atoms with van der Waals surface area (Å²) in [6.45, 7) is 3.38. The zero-order valence-corrected chi connectivity index (χ0v) is 11.2. The highest BCUT2D eigenvalue weighted by Gasteiger charge is 1.99. The van der Waals surface area contributed by atoms with Crippen LogP contribution in [0.15, 0.2) is 29.4 Å². The van der Waals surface area contributed by atoms with Crippen molar-refractivity contribution in [3.05, 3.63) is 35.4 Å². The minimum absolute atomic E-state index is 0.104. The van der Waals surface area contributed by atoms with Crippen LogP contribution >= 0.6 is 0 Å². The summed E-state index contributed by atoms with van der Waals surface area (Å²) in [7, 11) is -0.719. The molecule has 0 heterocycles. The molecule has 4 N–H and O–H groups in total. The number of oxime groups is 1. The van der Waals surface area contributed by atoms with Crippen LogP contribution in [0, 0.1) is 0 Å². The molecular weight excluding hydrogens is 250 g/mol. The zero-order chi connectivity index (χ0) is 13.4. The minimum atomic E-state index is -0.719. The Labute approximate surface area is 110 Å². The highest BCUT2D eigenvalue weighted by Crippen LogP contribution is 2.03. The van der Waals surface area contributed by atoms with E-state index in [9.17, 15) is 4.21 Å². The molecule has 1 atom stereocenters. The normalized spacial score (nSPS) is 13.5. The van der Waals surface area contributed by atoms with E-state index in [1.54, 1.807) is 12.1 Å². The van der Waals surface area contributed by atoms with Crippen molar-refractivity contribution in [2.45, 2.75) is 13.5 Å². The predicted molar refractivity (Wildman–Crippen MR) is 74.2 cm³/mol. The van der Waals surface area contributed by atoms with E-state index in [4.69, 9.17) is 10.9 Å². The second-order valence-electron chi connectivity index (χ2n) is 3.79. The standard InChI is InChI=1S/C12H19N3O2S/c1-2-18(17)8-7-14-9-10-3-5-11(6-4-10)12(13)15-16/h3-6,14,16H,2,7-9H2,1H3,(H2,13,15). The average Bonchev–Trinajstić information content (AvgIpc) is 2.43. The van der Waals surface area contributed by atoms with E-state index >= 15 is 0 Å². The summed E-state index contributed by atoms with van der Waals surface area (Å²) in [5.74, 6) is 1.49. The maximum Gasteiger partial charge on any atom is 0.170 e. The van der Waals surface area contributed by atoms with Crippen LogP contribution in [0.5, 0.6) is 0 Å². The molecule has 0 bridgehead atoms. The van der Waals surface area contributed by atoms with Crippen molar-refractivity contribution in [3.8, 4) is 0 Å². The molecule has 0 saturated heterocycles. The fraction of sp³-hybridized carbons (Fsp3) is 0.417. The van der Waals surface area contributed by atoms with Crippen LogP contribution in [-0.4, -0.2) is 33.3 Å². The van der Waals surface area contributed by atoms with Crippen molar-refractivity contribution >= 4 is 16.6 Å². The summed E-state index contributed by atoms with van der Waals surface area (Å²) in [4.78, 5) is 0. The van der Waals surface area contributed by atoms with Gasteiger partial charge in [0.05, 0.1) is 0 Å². The summed E-state index contributed by atoms with van der Waals surface area (Å²) in [5.41, 5.74) is 7.26. The SMILES string of the molecule is CCS(=O)CCNCc1ccc(/C(N)=N/O)cc1. The number of benzene rings is 1. The van der Waals surface area contributed by atoms with E-state index in [0.717, 1.165) is 18.7 Å². The van der Waals surface area contributed by atoms with Crippen molar-refractivity contribution < 1.29 is 9.42 Å². The largest absolute Gasteiger partial charge is 0.409 e. The molecule has 0 amide bonds. The Bertz CT molecular complexity index is 418. The highest BCUT2D eigenvalue weighted by atomic mass is 32.2. The molecule has 0 saturated carbocycles. The maximum atomic E-state index is 11.2. The lowest BCUT2D eigenvalue weighted by Gasteiger charge is -2.05. The lowest BCUT2D eigenvalue weighted by atomic mass is 10.1. The smallest absolute Gasteiger partial charge is 0.170 e. The number of rotatable bonds is 7. The number of nitrogens with zero attached hydrogens (tertiary/aromatic N) is 1. The van der Waals surface area contributed by atoms with E-state index in [1.807, 2.05) is 19.1 Å². The van der Waals surface area contributed by atoms with E-state index in [2.05, 4.69) is 10.5 Å². The molecule has 1 unspecified atom stereocenters. The second kappa shape index (κ2) is 7.84. The number of hydrogen-bond acceptors (Lipinski definition) is 4. The van der Waals surface area contributed by atoms with Crippen LogP contribution in [0.2, 0.25) is 0 Å². The van der Waals surface area contributed by atoms with Crippen LogP contribution in [-0.2, 0) is 17.3 Å². The third-order valence-corrected chi connectivity index (χ3v) is 3.82. The molecule has 1 rings (SSSR count). The van der Waals surface area contributed by atoms with Gasteiger partial charge in [-0.15, -0.1) is 0 Å². The summed E-state index contributed by atoms with van der Waals surface area (Å²) in [6.07, 6.45) is 0. The van der Waals surface area contributed by atoms with Gasteiger partial charge in [0, 0.05) is 41.0 Å². The van der Waals surface area contributed by atoms with Crippen LogP contribution in [0.25, 0.3) is 0 Å². The Hall–Kier alpha value is -1.40. The topological polar surface area (TPSA) is 87.7 Å². The van der Waals surface area contributed by atoms with Crippen LogP contribution in [0.4, 0.5) is 0 Å². The quantitative estimate of drug-likeness (QED) is 0.223. The van der Waals surface area contributed by atoms with E-state index in [-0.39, 0.29) is 5.84 Å². The number of nitrogens with one attached hydrogen (secondary N) is 1. The van der Waals surface area contributed by atoms with Gasteiger partial charge in [0.2, 0.25) is 0 Å². The van der Waals surface area contributed by atoms with Crippen molar-refractivity contribution in [1.82, 2.24) is 5.32 Å². The first-order valence-electron chi connectivity index (χ1n) is 5.80. The zero-order valence-electron chi connectivity index (χ0n) is 10.4. The first-order chi connectivity index (χ1) is 8.67. The van der Waals surface area contributed by atoms with E-state index < -0.39 is 10.8 Å². The van der Waals surface area contributed by atoms with Gasteiger partial charge >= 0.3 is 0 Å². The number of amidine groups is 1. The van der Waals surface area contributed by atoms with Gasteiger partial charge in [-0.1, -0.05) is 36.3 Å². The van der Waals surface area contributed by atoms with Gasteiger partial charge < -0.3 is 16.3 Å². The fourth-order valence-corrected chi connectivity index (χ4v) is 2.07. The Morgan fingerprint density at radius 3 is 2.67 bits per heavy atom. The van der Waals surface area contributed by atoms with Crippen LogP contribution < -0.4 is 11.1 Å². The monoisotopic (exact) mass is 269 g/mol. The molecular formula is C12H19N3O2S. The Balaban J connectivity index is 2.38. The van der Waals surface area contributed by atoms with Crippen LogP contribution in [0.1, 0.15) is 18.1 Å². The van der Waals surface area contributed by atoms with Crippen LogP contribution in [0.3, 0.4) is 0 Å². The summed E-state index contributed by atoms with van der Waals surface area (Å²) in [5, 5.41) is 14.7. The van der Waals surface area contributed by atoms with Crippen molar-refractivity contribution in [2.24, 2.45) is 10.9 Å². The molecule has 0 radical (unpaired) electrons. The van der Waals surface area contributed by atoms with Gasteiger partial charge in [-0.3, -0.25) is 4.21 Å². The minimum Gasteiger partial charge on any atom is -0.409 e. The van der Waals surface area contributed by atoms with Gasteiger partial charge in [0.15, 0.2) is 5.84 Å². The van der Waals surface area contributed by atoms with Gasteiger partial charge in [-0.25, -0.2) is 0 Å². The highest BCUT2D eigenvalue weighted by molar-refractivity contribution is 7.84. The molecule has 100 valence electrons. The van der Waals surface area contributed by atoms with Gasteiger partial charge in [-0.05, 0) is 5.56 Å².